The van der Waals surface area contributed by atoms with Gasteiger partial charge < -0.3 is 10.6 Å². The highest BCUT2D eigenvalue weighted by Crippen LogP contribution is 2.25. The van der Waals surface area contributed by atoms with Gasteiger partial charge in [0.05, 0.1) is 0 Å². The van der Waals surface area contributed by atoms with Crippen molar-refractivity contribution in [3.63, 3.8) is 0 Å². The fourth-order valence-corrected chi connectivity index (χ4v) is 1.33. The largest absolute Gasteiger partial charge is 0.367 e. The summed E-state index contributed by atoms with van der Waals surface area (Å²) >= 11 is 0. The van der Waals surface area contributed by atoms with Crippen LogP contribution in [0.2, 0.25) is 0 Å². The van der Waals surface area contributed by atoms with Crippen LogP contribution in [-0.2, 0) is 6.54 Å². The molecule has 0 saturated carbocycles. The smallest absolute Gasteiger partial charge is 0.149 e. The van der Waals surface area contributed by atoms with Gasteiger partial charge in [0.1, 0.15) is 17.3 Å². The molecule has 0 aromatic heterocycles. The lowest BCUT2D eigenvalue weighted by molar-refractivity contribution is 0.564. The van der Waals surface area contributed by atoms with Crippen LogP contribution in [0, 0.1) is 11.6 Å². The number of nitrogens with zero attached hydrogens (tertiary/aromatic N) is 1. The Bertz CT molecular complexity index is 327. The maximum atomic E-state index is 13.6. The summed E-state index contributed by atoms with van der Waals surface area (Å²) in [7, 11) is 1.66. The minimum atomic E-state index is -0.563. The molecule has 1 aromatic rings. The Hall–Kier alpha value is -1.16. The fourth-order valence-electron chi connectivity index (χ4n) is 1.33. The summed E-state index contributed by atoms with van der Waals surface area (Å²) in [5.41, 5.74) is 5.79. The van der Waals surface area contributed by atoms with Crippen LogP contribution in [0.1, 0.15) is 19.4 Å². The van der Waals surface area contributed by atoms with E-state index in [2.05, 4.69) is 0 Å². The highest BCUT2D eigenvalue weighted by Gasteiger charge is 2.16. The van der Waals surface area contributed by atoms with Gasteiger partial charge in [-0.25, -0.2) is 8.78 Å². The molecule has 15 heavy (non-hydrogen) atoms. The molecule has 0 aliphatic heterocycles. The highest BCUT2D eigenvalue weighted by molar-refractivity contribution is 5.50. The molecule has 0 spiro atoms. The number of halogens is 2. The minimum Gasteiger partial charge on any atom is -0.367 e. The van der Waals surface area contributed by atoms with E-state index >= 15 is 0 Å². The van der Waals surface area contributed by atoms with E-state index in [4.69, 9.17) is 5.73 Å². The van der Waals surface area contributed by atoms with Crippen molar-refractivity contribution in [3.8, 4) is 0 Å². The third kappa shape index (κ3) is 2.45. The molecule has 0 unspecified atom stereocenters. The van der Waals surface area contributed by atoms with Crippen molar-refractivity contribution < 1.29 is 8.78 Å². The molecule has 0 bridgehead atoms. The van der Waals surface area contributed by atoms with Crippen LogP contribution in [0.3, 0.4) is 0 Å². The maximum absolute atomic E-state index is 13.6. The zero-order chi connectivity index (χ0) is 11.6. The van der Waals surface area contributed by atoms with Gasteiger partial charge in [-0.05, 0) is 31.5 Å². The first kappa shape index (κ1) is 11.9. The van der Waals surface area contributed by atoms with Crippen LogP contribution in [0.4, 0.5) is 14.5 Å². The van der Waals surface area contributed by atoms with Gasteiger partial charge in [0.15, 0.2) is 0 Å². The molecule has 0 aliphatic rings. The third-order valence-electron chi connectivity index (χ3n) is 2.44. The number of nitrogens with two attached hydrogens (primary N) is 1. The molecule has 2 N–H and O–H groups in total. The van der Waals surface area contributed by atoms with E-state index in [9.17, 15) is 8.78 Å². The Kier molecular flexibility index (Phi) is 3.63. The molecule has 0 amide bonds. The second-order valence-corrected chi connectivity index (χ2v) is 3.82. The molecular weight excluding hydrogens is 198 g/mol. The SMILES string of the molecule is CC(C)N(C)c1c(F)cc(CN)cc1F. The second kappa shape index (κ2) is 4.57. The van der Waals surface area contributed by atoms with Gasteiger partial charge in [-0.2, -0.15) is 0 Å². The van der Waals surface area contributed by atoms with Gasteiger partial charge in [-0.1, -0.05) is 0 Å². The third-order valence-corrected chi connectivity index (χ3v) is 2.44. The van der Waals surface area contributed by atoms with E-state index in [1.54, 1.807) is 11.9 Å². The molecule has 1 rings (SSSR count). The lowest BCUT2D eigenvalue weighted by Gasteiger charge is -2.25. The summed E-state index contributed by atoms with van der Waals surface area (Å²) in [6.45, 7) is 3.88. The number of hydrogen-bond donors (Lipinski definition) is 1. The quantitative estimate of drug-likeness (QED) is 0.836. The van der Waals surface area contributed by atoms with E-state index in [1.165, 1.54) is 12.1 Å². The number of hydrogen-bond acceptors (Lipinski definition) is 2. The zero-order valence-corrected chi connectivity index (χ0v) is 9.22. The first-order chi connectivity index (χ1) is 6.97. The molecule has 0 saturated heterocycles. The standard InChI is InChI=1S/C11H16F2N2/c1-7(2)15(3)11-9(12)4-8(6-14)5-10(11)13/h4-5,7H,6,14H2,1-3H3. The predicted molar refractivity (Wildman–Crippen MR) is 57.8 cm³/mol. The molecular formula is C11H16F2N2. The summed E-state index contributed by atoms with van der Waals surface area (Å²) in [5, 5.41) is 0. The van der Waals surface area contributed by atoms with Crippen LogP contribution >= 0.6 is 0 Å². The van der Waals surface area contributed by atoms with Crippen molar-refractivity contribution in [2.75, 3.05) is 11.9 Å². The molecule has 0 fully saturated rings. The fraction of sp³-hybridized carbons (Fsp3) is 0.455. The average molecular weight is 214 g/mol. The Morgan fingerprint density at radius 1 is 1.27 bits per heavy atom. The van der Waals surface area contributed by atoms with Crippen LogP contribution in [0.15, 0.2) is 12.1 Å². The topological polar surface area (TPSA) is 29.3 Å². The van der Waals surface area contributed by atoms with Crippen LogP contribution in [0.25, 0.3) is 0 Å². The first-order valence-corrected chi connectivity index (χ1v) is 4.88. The van der Waals surface area contributed by atoms with E-state index in [0.717, 1.165) is 0 Å². The van der Waals surface area contributed by atoms with Crippen LogP contribution < -0.4 is 10.6 Å². The Balaban J connectivity index is 3.19. The molecule has 0 radical (unpaired) electrons. The van der Waals surface area contributed by atoms with Crippen molar-refractivity contribution in [1.82, 2.24) is 0 Å². The minimum absolute atomic E-state index is 0.00204. The van der Waals surface area contributed by atoms with Crippen molar-refractivity contribution in [1.29, 1.82) is 0 Å². The second-order valence-electron chi connectivity index (χ2n) is 3.82. The summed E-state index contributed by atoms with van der Waals surface area (Å²) < 4.78 is 27.1. The lowest BCUT2D eigenvalue weighted by Crippen LogP contribution is -2.27. The van der Waals surface area contributed by atoms with Gasteiger partial charge in [0.2, 0.25) is 0 Å². The normalized spacial score (nSPS) is 10.9. The zero-order valence-electron chi connectivity index (χ0n) is 9.22. The summed E-state index contributed by atoms with van der Waals surface area (Å²) in [6.07, 6.45) is 0. The van der Waals surface area contributed by atoms with Crippen LogP contribution in [0.5, 0.6) is 0 Å². The Labute approximate surface area is 88.7 Å². The summed E-state index contributed by atoms with van der Waals surface area (Å²) in [4.78, 5) is 1.56. The number of anilines is 1. The van der Waals surface area contributed by atoms with E-state index in [1.807, 2.05) is 13.8 Å². The monoisotopic (exact) mass is 214 g/mol. The van der Waals surface area contributed by atoms with E-state index in [0.29, 0.717) is 5.56 Å². The van der Waals surface area contributed by atoms with Gasteiger partial charge in [0, 0.05) is 19.6 Å². The van der Waals surface area contributed by atoms with E-state index < -0.39 is 11.6 Å². The molecule has 1 aromatic carbocycles. The van der Waals surface area contributed by atoms with Crippen molar-refractivity contribution in [2.24, 2.45) is 5.73 Å². The first-order valence-electron chi connectivity index (χ1n) is 4.88. The molecule has 0 heterocycles. The van der Waals surface area contributed by atoms with Crippen LogP contribution in [-0.4, -0.2) is 13.1 Å². The van der Waals surface area contributed by atoms with Gasteiger partial charge in [0.25, 0.3) is 0 Å². The highest BCUT2D eigenvalue weighted by atomic mass is 19.1. The van der Waals surface area contributed by atoms with Gasteiger partial charge in [-0.15, -0.1) is 0 Å². The summed E-state index contributed by atoms with van der Waals surface area (Å²) in [6, 6.07) is 2.59. The maximum Gasteiger partial charge on any atom is 0.149 e. The molecule has 2 nitrogen and oxygen atoms in total. The lowest BCUT2D eigenvalue weighted by atomic mass is 10.1. The molecule has 4 heteroatoms. The Morgan fingerprint density at radius 2 is 1.73 bits per heavy atom. The van der Waals surface area contributed by atoms with Crippen molar-refractivity contribution in [2.45, 2.75) is 26.4 Å². The molecule has 0 atom stereocenters. The predicted octanol–water partition coefficient (Wildman–Crippen LogP) is 2.27. The summed E-state index contributed by atoms with van der Waals surface area (Å²) in [5.74, 6) is -1.13. The van der Waals surface area contributed by atoms with Gasteiger partial charge >= 0.3 is 0 Å². The van der Waals surface area contributed by atoms with Gasteiger partial charge in [-0.3, -0.25) is 0 Å². The average Bonchev–Trinajstić information content (AvgIpc) is 2.16. The molecule has 0 aliphatic carbocycles. The van der Waals surface area contributed by atoms with Crippen molar-refractivity contribution in [3.05, 3.63) is 29.3 Å². The van der Waals surface area contributed by atoms with E-state index in [-0.39, 0.29) is 18.3 Å². The number of rotatable bonds is 3. The Morgan fingerprint density at radius 3 is 2.07 bits per heavy atom. The number of benzene rings is 1. The molecule has 84 valence electrons. The van der Waals surface area contributed by atoms with Crippen molar-refractivity contribution >= 4 is 5.69 Å².